The summed E-state index contributed by atoms with van der Waals surface area (Å²) < 4.78 is 2.35. The minimum atomic E-state index is 0.266. The first kappa shape index (κ1) is 16.1. The monoisotopic (exact) mass is 331 g/mol. The van der Waals surface area contributed by atoms with Crippen LogP contribution in [0.25, 0.3) is 10.9 Å². The zero-order chi connectivity index (χ0) is 17.6. The van der Waals surface area contributed by atoms with Crippen LogP contribution in [0.2, 0.25) is 0 Å². The average molecular weight is 331 g/mol. The van der Waals surface area contributed by atoms with E-state index in [-0.39, 0.29) is 5.78 Å². The molecule has 0 fully saturated rings. The molecule has 0 N–H and O–H groups in total. The van der Waals surface area contributed by atoms with Crippen molar-refractivity contribution in [1.82, 2.24) is 4.57 Å². The molecule has 0 saturated carbocycles. The molecule has 0 bridgehead atoms. The van der Waals surface area contributed by atoms with E-state index in [0.29, 0.717) is 12.3 Å². The van der Waals surface area contributed by atoms with Gasteiger partial charge in [-0.15, -0.1) is 0 Å². The topological polar surface area (TPSA) is 22.0 Å². The average Bonchev–Trinajstić information content (AvgIpc) is 2.89. The summed E-state index contributed by atoms with van der Waals surface area (Å²) in [5, 5.41) is 1.34. The Morgan fingerprint density at radius 2 is 1.80 bits per heavy atom. The molecule has 1 heterocycles. The quantitative estimate of drug-likeness (QED) is 0.582. The van der Waals surface area contributed by atoms with Crippen molar-refractivity contribution >= 4 is 16.7 Å². The van der Waals surface area contributed by atoms with Gasteiger partial charge in [0.25, 0.3) is 0 Å². The minimum absolute atomic E-state index is 0.266. The van der Waals surface area contributed by atoms with Gasteiger partial charge in [0.05, 0.1) is 0 Å². The van der Waals surface area contributed by atoms with E-state index in [9.17, 15) is 4.79 Å². The van der Waals surface area contributed by atoms with Crippen molar-refractivity contribution in [1.29, 1.82) is 0 Å². The van der Waals surface area contributed by atoms with E-state index in [0.717, 1.165) is 18.4 Å². The van der Waals surface area contributed by atoms with Crippen LogP contribution in [0.4, 0.5) is 0 Å². The highest BCUT2D eigenvalue weighted by molar-refractivity contribution is 5.97. The van der Waals surface area contributed by atoms with Crippen LogP contribution in [0.1, 0.15) is 57.9 Å². The number of carbonyl (C=O) groups excluding carboxylic acids is 1. The molecule has 2 aromatic carbocycles. The lowest BCUT2D eigenvalue weighted by Crippen LogP contribution is -2.14. The lowest BCUT2D eigenvalue weighted by atomic mass is 9.81. The number of hydrogen-bond acceptors (Lipinski definition) is 1. The Labute approximate surface area is 149 Å². The number of aromatic nitrogens is 1. The van der Waals surface area contributed by atoms with Gasteiger partial charge in [0.2, 0.25) is 0 Å². The molecule has 1 aromatic heterocycles. The third-order valence-electron chi connectivity index (χ3n) is 5.70. The molecule has 2 nitrogen and oxygen atoms in total. The van der Waals surface area contributed by atoms with Crippen LogP contribution in [0, 0.1) is 13.8 Å². The Bertz CT molecular complexity index is 946. The second kappa shape index (κ2) is 6.18. The molecular formula is C23H25NO. The third kappa shape index (κ3) is 2.80. The summed E-state index contributed by atoms with van der Waals surface area (Å²) in [5.74, 6) is 0.603. The zero-order valence-electron chi connectivity index (χ0n) is 15.3. The molecule has 3 aromatic rings. The summed E-state index contributed by atoms with van der Waals surface area (Å²) in [7, 11) is 2.17. The summed E-state index contributed by atoms with van der Waals surface area (Å²) in [5.41, 5.74) is 7.48. The molecule has 128 valence electrons. The highest BCUT2D eigenvalue weighted by Crippen LogP contribution is 2.41. The predicted octanol–water partition coefficient (Wildman–Crippen LogP) is 5.49. The number of benzene rings is 2. The van der Waals surface area contributed by atoms with Crippen LogP contribution in [-0.4, -0.2) is 10.4 Å². The van der Waals surface area contributed by atoms with Crippen LogP contribution in [0.3, 0.4) is 0 Å². The lowest BCUT2D eigenvalue weighted by molar-refractivity contribution is 0.0971. The molecule has 0 spiro atoms. The first-order valence-corrected chi connectivity index (χ1v) is 9.22. The van der Waals surface area contributed by atoms with Crippen molar-refractivity contribution in [3.63, 3.8) is 0 Å². The van der Waals surface area contributed by atoms with E-state index in [1.165, 1.54) is 39.7 Å². The van der Waals surface area contributed by atoms with Gasteiger partial charge in [0.15, 0.2) is 5.78 Å². The number of nitrogens with zero attached hydrogens (tertiary/aromatic N) is 1. The standard InChI is InChI=1S/C23H25NO/c1-15-7-10-17(11-8-15)22(25)14-18-5-4-6-20-23(18)19-12-9-16(2)13-21(19)24(20)3/h7-13,18H,4-6,14H2,1-3H3. The molecule has 0 aliphatic heterocycles. The summed E-state index contributed by atoms with van der Waals surface area (Å²) in [6.07, 6.45) is 4.01. The Morgan fingerprint density at radius 3 is 2.56 bits per heavy atom. The van der Waals surface area contributed by atoms with Gasteiger partial charge in [-0.3, -0.25) is 4.79 Å². The molecule has 0 saturated heterocycles. The molecule has 4 rings (SSSR count). The van der Waals surface area contributed by atoms with Crippen molar-refractivity contribution in [3.05, 3.63) is 70.4 Å². The highest BCUT2D eigenvalue weighted by atomic mass is 16.1. The largest absolute Gasteiger partial charge is 0.347 e. The minimum Gasteiger partial charge on any atom is -0.347 e. The number of carbonyl (C=O) groups is 1. The van der Waals surface area contributed by atoms with E-state index < -0.39 is 0 Å². The fraction of sp³-hybridized carbons (Fsp3) is 0.348. The number of Topliss-reactive ketones (excluding diaryl/α,β-unsaturated/α-hetero) is 1. The van der Waals surface area contributed by atoms with Crippen LogP contribution in [-0.2, 0) is 13.5 Å². The molecular weight excluding hydrogens is 306 g/mol. The number of rotatable bonds is 3. The molecule has 1 atom stereocenters. The first-order chi connectivity index (χ1) is 12.0. The summed E-state index contributed by atoms with van der Waals surface area (Å²) in [6, 6.07) is 14.7. The number of fused-ring (bicyclic) bond motifs is 3. The van der Waals surface area contributed by atoms with Gasteiger partial charge in [-0.1, -0.05) is 42.0 Å². The number of aryl methyl sites for hydroxylation is 3. The maximum Gasteiger partial charge on any atom is 0.163 e. The predicted molar refractivity (Wildman–Crippen MR) is 103 cm³/mol. The van der Waals surface area contributed by atoms with Crippen LogP contribution >= 0.6 is 0 Å². The normalized spacial score (nSPS) is 16.8. The van der Waals surface area contributed by atoms with E-state index in [4.69, 9.17) is 0 Å². The molecule has 1 unspecified atom stereocenters. The molecule has 0 radical (unpaired) electrons. The van der Waals surface area contributed by atoms with Gasteiger partial charge in [0.1, 0.15) is 0 Å². The second-order valence-electron chi connectivity index (χ2n) is 7.52. The third-order valence-corrected chi connectivity index (χ3v) is 5.70. The molecule has 1 aliphatic rings. The van der Waals surface area contributed by atoms with Crippen LogP contribution in [0.5, 0.6) is 0 Å². The van der Waals surface area contributed by atoms with Crippen molar-refractivity contribution in [2.24, 2.45) is 7.05 Å². The van der Waals surface area contributed by atoms with E-state index >= 15 is 0 Å². The molecule has 0 amide bonds. The van der Waals surface area contributed by atoms with Gasteiger partial charge < -0.3 is 4.57 Å². The summed E-state index contributed by atoms with van der Waals surface area (Å²) in [4.78, 5) is 12.8. The van der Waals surface area contributed by atoms with Crippen molar-refractivity contribution in [2.45, 2.75) is 45.4 Å². The first-order valence-electron chi connectivity index (χ1n) is 9.22. The van der Waals surface area contributed by atoms with Gasteiger partial charge in [-0.2, -0.15) is 0 Å². The van der Waals surface area contributed by atoms with Crippen molar-refractivity contribution < 1.29 is 4.79 Å². The van der Waals surface area contributed by atoms with E-state index in [1.54, 1.807) is 0 Å². The zero-order valence-corrected chi connectivity index (χ0v) is 15.3. The van der Waals surface area contributed by atoms with Gasteiger partial charge in [-0.05, 0) is 56.2 Å². The molecule has 2 heteroatoms. The Balaban J connectivity index is 1.72. The maximum atomic E-state index is 12.8. The Kier molecular flexibility index (Phi) is 3.99. The van der Waals surface area contributed by atoms with Gasteiger partial charge >= 0.3 is 0 Å². The fourth-order valence-electron chi connectivity index (χ4n) is 4.33. The molecule has 25 heavy (non-hydrogen) atoms. The van der Waals surface area contributed by atoms with Gasteiger partial charge in [0, 0.05) is 35.6 Å². The molecule has 1 aliphatic carbocycles. The van der Waals surface area contributed by atoms with Crippen molar-refractivity contribution in [3.8, 4) is 0 Å². The Hall–Kier alpha value is -2.35. The number of hydrogen-bond donors (Lipinski definition) is 0. The lowest BCUT2D eigenvalue weighted by Gasteiger charge is -2.23. The smallest absolute Gasteiger partial charge is 0.163 e. The highest BCUT2D eigenvalue weighted by Gasteiger charge is 2.28. The van der Waals surface area contributed by atoms with Gasteiger partial charge in [-0.25, -0.2) is 0 Å². The van der Waals surface area contributed by atoms with Crippen LogP contribution < -0.4 is 0 Å². The van der Waals surface area contributed by atoms with Crippen molar-refractivity contribution in [2.75, 3.05) is 0 Å². The van der Waals surface area contributed by atoms with E-state index in [2.05, 4.69) is 43.7 Å². The maximum absolute atomic E-state index is 12.8. The Morgan fingerprint density at radius 1 is 1.08 bits per heavy atom. The SMILES string of the molecule is Cc1ccc(C(=O)CC2CCCc3c2c2ccc(C)cc2n3C)cc1. The van der Waals surface area contributed by atoms with Crippen LogP contribution in [0.15, 0.2) is 42.5 Å². The summed E-state index contributed by atoms with van der Waals surface area (Å²) in [6.45, 7) is 4.20. The number of ketones is 1. The van der Waals surface area contributed by atoms with E-state index in [1.807, 2.05) is 24.3 Å². The second-order valence-corrected chi connectivity index (χ2v) is 7.52. The fourth-order valence-corrected chi connectivity index (χ4v) is 4.33. The summed E-state index contributed by atoms with van der Waals surface area (Å²) >= 11 is 0.